The Morgan fingerprint density at radius 1 is 1.14 bits per heavy atom. The van der Waals surface area contributed by atoms with Crippen LogP contribution in [0.5, 0.6) is 5.75 Å². The zero-order chi connectivity index (χ0) is 21.2. The number of nitrogens with one attached hydrogen (secondary N) is 1. The predicted molar refractivity (Wildman–Crippen MR) is 108 cm³/mol. The summed E-state index contributed by atoms with van der Waals surface area (Å²) in [6.07, 6.45) is 0.183. The second-order valence-electron chi connectivity index (χ2n) is 7.06. The molecule has 0 unspecified atom stereocenters. The molecule has 0 radical (unpaired) electrons. The van der Waals surface area contributed by atoms with E-state index in [1.807, 2.05) is 19.1 Å². The van der Waals surface area contributed by atoms with E-state index in [-0.39, 0.29) is 24.3 Å². The Labute approximate surface area is 170 Å². The fourth-order valence-electron chi connectivity index (χ4n) is 3.24. The fourth-order valence-corrected chi connectivity index (χ4v) is 4.93. The van der Waals surface area contributed by atoms with Gasteiger partial charge in [-0.3, -0.25) is 9.59 Å². The molecule has 2 aromatic rings. The smallest absolute Gasteiger partial charge is 0.267 e. The van der Waals surface area contributed by atoms with Crippen LogP contribution in [0, 0.1) is 13.8 Å². The standard InChI is InChI=1S/C21H24N2O5S/c1-14-4-9-18(12-15(14)2)29(26,27)23-19(10-11-20(23)24)21(25)22-13-16-5-7-17(28-3)8-6-16/h4-9,12,19H,10-11,13H2,1-3H3,(H,22,25)/t19-/m1/s1. The second kappa shape index (κ2) is 8.24. The number of rotatable bonds is 6. The van der Waals surface area contributed by atoms with Crippen LogP contribution >= 0.6 is 0 Å². The van der Waals surface area contributed by atoms with Crippen LogP contribution in [0.3, 0.4) is 0 Å². The van der Waals surface area contributed by atoms with Crippen molar-refractivity contribution >= 4 is 21.8 Å². The van der Waals surface area contributed by atoms with E-state index in [1.54, 1.807) is 32.2 Å². The van der Waals surface area contributed by atoms with Crippen LogP contribution < -0.4 is 10.1 Å². The van der Waals surface area contributed by atoms with Crippen LogP contribution in [0.2, 0.25) is 0 Å². The summed E-state index contributed by atoms with van der Waals surface area (Å²) in [7, 11) is -2.54. The van der Waals surface area contributed by atoms with Crippen molar-refractivity contribution in [3.8, 4) is 5.75 Å². The largest absolute Gasteiger partial charge is 0.497 e. The highest BCUT2D eigenvalue weighted by atomic mass is 32.2. The SMILES string of the molecule is COc1ccc(CNC(=O)[C@H]2CCC(=O)N2S(=O)(=O)c2ccc(C)c(C)c2)cc1. The van der Waals surface area contributed by atoms with Gasteiger partial charge in [0.2, 0.25) is 11.8 Å². The van der Waals surface area contributed by atoms with Crippen molar-refractivity contribution in [2.45, 2.75) is 44.2 Å². The fraction of sp³-hybridized carbons (Fsp3) is 0.333. The third kappa shape index (κ3) is 4.27. The maximum absolute atomic E-state index is 13.1. The number of hydrogen-bond donors (Lipinski definition) is 1. The molecule has 8 heteroatoms. The molecule has 1 aliphatic heterocycles. The summed E-state index contributed by atoms with van der Waals surface area (Å²) in [5.74, 6) is -0.348. The van der Waals surface area contributed by atoms with E-state index in [0.717, 1.165) is 21.0 Å². The van der Waals surface area contributed by atoms with E-state index in [9.17, 15) is 18.0 Å². The molecule has 1 atom stereocenters. The highest BCUT2D eigenvalue weighted by Crippen LogP contribution is 2.28. The molecular formula is C21H24N2O5S. The first-order valence-electron chi connectivity index (χ1n) is 9.29. The van der Waals surface area contributed by atoms with Crippen LogP contribution in [0.15, 0.2) is 47.4 Å². The van der Waals surface area contributed by atoms with E-state index < -0.39 is 27.9 Å². The highest BCUT2D eigenvalue weighted by molar-refractivity contribution is 7.89. The number of amides is 2. The number of aryl methyl sites for hydroxylation is 2. The van der Waals surface area contributed by atoms with E-state index >= 15 is 0 Å². The highest BCUT2D eigenvalue weighted by Gasteiger charge is 2.44. The molecule has 0 spiro atoms. The van der Waals surface area contributed by atoms with E-state index in [2.05, 4.69) is 5.32 Å². The minimum absolute atomic E-state index is 0.0174. The van der Waals surface area contributed by atoms with Gasteiger partial charge in [0.05, 0.1) is 12.0 Å². The summed E-state index contributed by atoms with van der Waals surface area (Å²) in [5.41, 5.74) is 2.59. The third-order valence-corrected chi connectivity index (χ3v) is 6.95. The summed E-state index contributed by atoms with van der Waals surface area (Å²) in [4.78, 5) is 25.1. The zero-order valence-corrected chi connectivity index (χ0v) is 17.5. The van der Waals surface area contributed by atoms with Gasteiger partial charge < -0.3 is 10.1 Å². The van der Waals surface area contributed by atoms with Gasteiger partial charge in [0.25, 0.3) is 10.0 Å². The number of methoxy groups -OCH3 is 1. The molecule has 1 N–H and O–H groups in total. The average molecular weight is 416 g/mol. The molecule has 7 nitrogen and oxygen atoms in total. The topological polar surface area (TPSA) is 92.8 Å². The molecule has 0 bridgehead atoms. The molecule has 1 saturated heterocycles. The first-order chi connectivity index (χ1) is 13.7. The number of benzene rings is 2. The Morgan fingerprint density at radius 3 is 2.45 bits per heavy atom. The summed E-state index contributed by atoms with van der Waals surface area (Å²) in [6.45, 7) is 3.91. The molecule has 29 heavy (non-hydrogen) atoms. The maximum Gasteiger partial charge on any atom is 0.267 e. The number of sulfonamides is 1. The minimum Gasteiger partial charge on any atom is -0.497 e. The average Bonchev–Trinajstić information content (AvgIpc) is 3.11. The molecule has 154 valence electrons. The summed E-state index contributed by atoms with van der Waals surface area (Å²) < 4.78 is 32.0. The Bertz CT molecular complexity index is 1030. The van der Waals surface area contributed by atoms with Crippen LogP contribution in [0.25, 0.3) is 0 Å². The lowest BCUT2D eigenvalue weighted by molar-refractivity contribution is -0.130. The third-order valence-electron chi connectivity index (χ3n) is 5.12. The molecule has 0 aromatic heterocycles. The summed E-state index contributed by atoms with van der Waals surface area (Å²) >= 11 is 0. The van der Waals surface area contributed by atoms with Gasteiger partial charge in [0, 0.05) is 13.0 Å². The monoisotopic (exact) mass is 416 g/mol. The minimum atomic E-state index is -4.11. The quantitative estimate of drug-likeness (QED) is 0.780. The molecule has 3 rings (SSSR count). The van der Waals surface area contributed by atoms with Crippen molar-refractivity contribution in [2.24, 2.45) is 0 Å². The van der Waals surface area contributed by atoms with Crippen LogP contribution in [0.4, 0.5) is 0 Å². The number of hydrogen-bond acceptors (Lipinski definition) is 5. The molecule has 2 aromatic carbocycles. The molecule has 0 saturated carbocycles. The maximum atomic E-state index is 13.1. The van der Waals surface area contributed by atoms with Crippen molar-refractivity contribution in [1.82, 2.24) is 9.62 Å². The van der Waals surface area contributed by atoms with Gasteiger partial charge in [-0.2, -0.15) is 0 Å². The van der Waals surface area contributed by atoms with Crippen molar-refractivity contribution in [2.75, 3.05) is 7.11 Å². The molecular weight excluding hydrogens is 392 g/mol. The lowest BCUT2D eigenvalue weighted by atomic mass is 10.1. The predicted octanol–water partition coefficient (Wildman–Crippen LogP) is 2.31. The number of ether oxygens (including phenoxy) is 1. The van der Waals surface area contributed by atoms with Crippen LogP contribution in [-0.4, -0.2) is 37.7 Å². The normalized spacial score (nSPS) is 16.7. The van der Waals surface area contributed by atoms with E-state index in [4.69, 9.17) is 4.74 Å². The van der Waals surface area contributed by atoms with Gasteiger partial charge in [-0.05, 0) is 61.2 Å². The van der Waals surface area contributed by atoms with Crippen molar-refractivity contribution in [1.29, 1.82) is 0 Å². The number of carbonyl (C=O) groups is 2. The van der Waals surface area contributed by atoms with Gasteiger partial charge in [-0.25, -0.2) is 12.7 Å². The second-order valence-corrected chi connectivity index (χ2v) is 8.88. The number of carbonyl (C=O) groups excluding carboxylic acids is 2. The Kier molecular flexibility index (Phi) is 5.93. The van der Waals surface area contributed by atoms with Crippen molar-refractivity contribution < 1.29 is 22.7 Å². The zero-order valence-electron chi connectivity index (χ0n) is 16.6. The molecule has 2 amide bonds. The van der Waals surface area contributed by atoms with Crippen LogP contribution in [0.1, 0.15) is 29.5 Å². The molecule has 1 heterocycles. The summed E-state index contributed by atoms with van der Waals surface area (Å²) in [6, 6.07) is 10.8. The van der Waals surface area contributed by atoms with E-state index in [1.165, 1.54) is 12.1 Å². The number of nitrogens with zero attached hydrogens (tertiary/aromatic N) is 1. The van der Waals surface area contributed by atoms with Gasteiger partial charge >= 0.3 is 0 Å². The first kappa shape index (κ1) is 20.9. The summed E-state index contributed by atoms with van der Waals surface area (Å²) in [5, 5.41) is 2.73. The lowest BCUT2D eigenvalue weighted by Crippen LogP contribution is -2.47. The van der Waals surface area contributed by atoms with Gasteiger partial charge in [-0.1, -0.05) is 18.2 Å². The Balaban J connectivity index is 1.78. The van der Waals surface area contributed by atoms with Crippen molar-refractivity contribution in [3.63, 3.8) is 0 Å². The molecule has 1 fully saturated rings. The van der Waals surface area contributed by atoms with Gasteiger partial charge in [0.1, 0.15) is 11.8 Å². The lowest BCUT2D eigenvalue weighted by Gasteiger charge is -2.24. The van der Waals surface area contributed by atoms with E-state index in [0.29, 0.717) is 5.75 Å². The van der Waals surface area contributed by atoms with Crippen molar-refractivity contribution in [3.05, 3.63) is 59.2 Å². The van der Waals surface area contributed by atoms with Gasteiger partial charge in [0.15, 0.2) is 0 Å². The Hall–Kier alpha value is -2.87. The first-order valence-corrected chi connectivity index (χ1v) is 10.7. The molecule has 1 aliphatic rings. The van der Waals surface area contributed by atoms with Crippen LogP contribution in [-0.2, 0) is 26.2 Å². The van der Waals surface area contributed by atoms with Gasteiger partial charge in [-0.15, -0.1) is 0 Å². The Morgan fingerprint density at radius 2 is 1.83 bits per heavy atom. The molecule has 0 aliphatic carbocycles.